The van der Waals surface area contributed by atoms with Crippen molar-refractivity contribution in [1.82, 2.24) is 4.90 Å². The Labute approximate surface area is 189 Å². The fourth-order valence-electron chi connectivity index (χ4n) is 3.98. The van der Waals surface area contributed by atoms with E-state index >= 15 is 0 Å². The highest BCUT2D eigenvalue weighted by atomic mass is 16.5. The minimum atomic E-state index is -0.00597. The van der Waals surface area contributed by atoms with Gasteiger partial charge < -0.3 is 20.8 Å². The summed E-state index contributed by atoms with van der Waals surface area (Å²) in [6, 6.07) is 13.5. The first-order valence-corrected chi connectivity index (χ1v) is 10.7. The van der Waals surface area contributed by atoms with Crippen molar-refractivity contribution < 1.29 is 9.53 Å². The highest BCUT2D eigenvalue weighted by Crippen LogP contribution is 2.30. The molecule has 6 heteroatoms. The smallest absolute Gasteiger partial charge is 0.254 e. The number of nitrogens with two attached hydrogens (primary N) is 1. The summed E-state index contributed by atoms with van der Waals surface area (Å²) in [5.41, 5.74) is 13.2. The number of carbonyl (C=O) groups is 1. The van der Waals surface area contributed by atoms with Crippen LogP contribution in [0.5, 0.6) is 0 Å². The summed E-state index contributed by atoms with van der Waals surface area (Å²) in [6.45, 7) is 7.52. The molecule has 0 unspecified atom stereocenters. The lowest BCUT2D eigenvalue weighted by atomic mass is 9.89. The molecule has 6 nitrogen and oxygen atoms in total. The number of carbonyl (C=O) groups excluding carboxylic acids is 1. The van der Waals surface area contributed by atoms with Crippen LogP contribution >= 0.6 is 0 Å². The third-order valence-electron chi connectivity index (χ3n) is 6.18. The Balaban J connectivity index is 1.79. The van der Waals surface area contributed by atoms with Gasteiger partial charge in [0.05, 0.1) is 18.2 Å². The summed E-state index contributed by atoms with van der Waals surface area (Å²) in [4.78, 5) is 15.1. The first kappa shape index (κ1) is 23.2. The molecule has 0 saturated carbocycles. The number of hydrogen-bond donors (Lipinski definition) is 2. The predicted octanol–water partition coefficient (Wildman–Crippen LogP) is 4.16. The van der Waals surface area contributed by atoms with Gasteiger partial charge in [0.2, 0.25) is 0 Å². The number of nitriles is 1. The molecule has 0 aliphatic carbocycles. The van der Waals surface area contributed by atoms with Crippen LogP contribution in [0.25, 0.3) is 5.70 Å². The van der Waals surface area contributed by atoms with Crippen LogP contribution in [0.1, 0.15) is 57.4 Å². The van der Waals surface area contributed by atoms with Crippen LogP contribution in [0.15, 0.2) is 42.0 Å². The van der Waals surface area contributed by atoms with E-state index in [9.17, 15) is 4.79 Å². The molecule has 1 amide bonds. The van der Waals surface area contributed by atoms with Gasteiger partial charge in [-0.25, -0.2) is 0 Å². The second-order valence-electron chi connectivity index (χ2n) is 8.38. The number of amides is 1. The number of aryl methyl sites for hydroxylation is 2. The van der Waals surface area contributed by atoms with Crippen LogP contribution in [-0.4, -0.2) is 43.3 Å². The summed E-state index contributed by atoms with van der Waals surface area (Å²) in [6.07, 6.45) is 0.490. The number of nitrogens with zero attached hydrogens (tertiary/aromatic N) is 2. The first-order valence-electron chi connectivity index (χ1n) is 10.7. The lowest BCUT2D eigenvalue weighted by molar-refractivity contribution is 0.0601. The fraction of sp³-hybridized carbons (Fsp3) is 0.346. The number of hydrogen-bond acceptors (Lipinski definition) is 5. The standard InChI is InChI=1S/C26H30N4O2/c1-16-11-17(2)23(12-22(16)25(29)18(3)24(28)9-10-32-4)26(31)30-14-21(15-30)20-7-5-19(13-27)6-8-20/h5-8,11-12,21,28H,9-10,14-15,29H2,1-4H3/b25-18-,28-24?. The lowest BCUT2D eigenvalue weighted by Gasteiger charge is -2.40. The molecule has 1 fully saturated rings. The molecule has 0 radical (unpaired) electrons. The van der Waals surface area contributed by atoms with Crippen molar-refractivity contribution in [2.24, 2.45) is 5.73 Å². The van der Waals surface area contributed by atoms with Crippen molar-refractivity contribution in [3.63, 3.8) is 0 Å². The SMILES string of the molecule is COCCC(=N)/C(C)=C(\N)c1cc(C(=O)N2CC(c3ccc(C#N)cc3)C2)c(C)cc1C. The monoisotopic (exact) mass is 430 g/mol. The third kappa shape index (κ3) is 4.74. The van der Waals surface area contributed by atoms with Crippen molar-refractivity contribution in [2.45, 2.75) is 33.1 Å². The molecular weight excluding hydrogens is 400 g/mol. The topological polar surface area (TPSA) is 103 Å². The second-order valence-corrected chi connectivity index (χ2v) is 8.38. The quantitative estimate of drug-likeness (QED) is 0.644. The van der Waals surface area contributed by atoms with Crippen molar-refractivity contribution >= 4 is 17.3 Å². The molecule has 2 aromatic rings. The third-order valence-corrected chi connectivity index (χ3v) is 6.18. The average molecular weight is 431 g/mol. The maximum atomic E-state index is 13.2. The summed E-state index contributed by atoms with van der Waals surface area (Å²) in [5.74, 6) is 0.277. The van der Waals surface area contributed by atoms with Gasteiger partial charge in [-0.3, -0.25) is 4.79 Å². The van der Waals surface area contributed by atoms with Gasteiger partial charge >= 0.3 is 0 Å². The van der Waals surface area contributed by atoms with Crippen LogP contribution in [0, 0.1) is 30.6 Å². The summed E-state index contributed by atoms with van der Waals surface area (Å²) < 4.78 is 5.07. The van der Waals surface area contributed by atoms with Crippen LogP contribution in [0.4, 0.5) is 0 Å². The number of benzene rings is 2. The van der Waals surface area contributed by atoms with Crippen LogP contribution in [-0.2, 0) is 4.74 Å². The molecule has 0 spiro atoms. The van der Waals surface area contributed by atoms with E-state index < -0.39 is 0 Å². The Morgan fingerprint density at radius 2 is 1.81 bits per heavy atom. The Bertz CT molecular complexity index is 1100. The Morgan fingerprint density at radius 1 is 1.19 bits per heavy atom. The van der Waals surface area contributed by atoms with Crippen LogP contribution < -0.4 is 5.73 Å². The molecule has 32 heavy (non-hydrogen) atoms. The average Bonchev–Trinajstić information content (AvgIpc) is 2.75. The molecular formula is C26H30N4O2. The maximum absolute atomic E-state index is 13.2. The molecule has 3 rings (SSSR count). The number of nitrogens with one attached hydrogen (secondary N) is 1. The lowest BCUT2D eigenvalue weighted by Crippen LogP contribution is -2.48. The van der Waals surface area contributed by atoms with Crippen molar-refractivity contribution in [3.05, 3.63) is 75.4 Å². The number of ether oxygens (including phenoxy) is 1. The molecule has 1 aliphatic rings. The molecule has 0 aromatic heterocycles. The number of methoxy groups -OCH3 is 1. The molecule has 1 heterocycles. The van der Waals surface area contributed by atoms with Gasteiger partial charge in [0.25, 0.3) is 5.91 Å². The van der Waals surface area contributed by atoms with Gasteiger partial charge in [0.1, 0.15) is 0 Å². The number of likely N-dealkylation sites (tertiary alicyclic amines) is 1. The van der Waals surface area contributed by atoms with E-state index in [1.165, 1.54) is 0 Å². The van der Waals surface area contributed by atoms with Gasteiger partial charge in [0.15, 0.2) is 0 Å². The van der Waals surface area contributed by atoms with E-state index in [0.29, 0.717) is 54.2 Å². The predicted molar refractivity (Wildman–Crippen MR) is 127 cm³/mol. The zero-order chi connectivity index (χ0) is 23.4. The highest BCUT2D eigenvalue weighted by molar-refractivity contribution is 6.04. The number of rotatable bonds is 7. The van der Waals surface area contributed by atoms with Gasteiger partial charge in [-0.1, -0.05) is 18.2 Å². The summed E-state index contributed by atoms with van der Waals surface area (Å²) in [5, 5.41) is 17.2. The van der Waals surface area contributed by atoms with E-state index in [0.717, 1.165) is 22.3 Å². The van der Waals surface area contributed by atoms with E-state index in [4.69, 9.17) is 21.1 Å². The van der Waals surface area contributed by atoms with Crippen molar-refractivity contribution in [3.8, 4) is 6.07 Å². The maximum Gasteiger partial charge on any atom is 0.254 e. The Morgan fingerprint density at radius 3 is 2.41 bits per heavy atom. The van der Waals surface area contributed by atoms with Gasteiger partial charge in [-0.05, 0) is 61.2 Å². The molecule has 1 saturated heterocycles. The van der Waals surface area contributed by atoms with Crippen molar-refractivity contribution in [2.75, 3.05) is 26.8 Å². The van der Waals surface area contributed by atoms with E-state index in [1.807, 2.05) is 62.1 Å². The molecule has 0 bridgehead atoms. The van der Waals surface area contributed by atoms with E-state index in [2.05, 4.69) is 6.07 Å². The molecule has 1 aliphatic heterocycles. The Hall–Kier alpha value is -3.43. The fourth-order valence-corrected chi connectivity index (χ4v) is 3.98. The molecule has 2 aromatic carbocycles. The largest absolute Gasteiger partial charge is 0.398 e. The van der Waals surface area contributed by atoms with Crippen LogP contribution in [0.3, 0.4) is 0 Å². The minimum absolute atomic E-state index is 0.00597. The van der Waals surface area contributed by atoms with E-state index in [1.54, 1.807) is 7.11 Å². The molecule has 0 atom stereocenters. The summed E-state index contributed by atoms with van der Waals surface area (Å²) >= 11 is 0. The van der Waals surface area contributed by atoms with Gasteiger partial charge in [-0.2, -0.15) is 5.26 Å². The molecule has 166 valence electrons. The first-order chi connectivity index (χ1) is 15.3. The van der Waals surface area contributed by atoms with E-state index in [-0.39, 0.29) is 11.8 Å². The molecule has 3 N–H and O–H groups in total. The minimum Gasteiger partial charge on any atom is -0.398 e. The Kier molecular flexibility index (Phi) is 7.12. The second kappa shape index (κ2) is 9.80. The van der Waals surface area contributed by atoms with Crippen LogP contribution in [0.2, 0.25) is 0 Å². The summed E-state index contributed by atoms with van der Waals surface area (Å²) in [7, 11) is 1.61. The highest BCUT2D eigenvalue weighted by Gasteiger charge is 2.33. The zero-order valence-corrected chi connectivity index (χ0v) is 19.2. The zero-order valence-electron chi connectivity index (χ0n) is 19.2. The van der Waals surface area contributed by atoms with Crippen molar-refractivity contribution in [1.29, 1.82) is 10.7 Å². The number of allylic oxidation sites excluding steroid dienone is 1. The van der Waals surface area contributed by atoms with Gasteiger partial charge in [0, 0.05) is 55.1 Å². The normalized spacial score (nSPS) is 14.4. The van der Waals surface area contributed by atoms with Gasteiger partial charge in [-0.15, -0.1) is 0 Å².